The van der Waals surface area contributed by atoms with Gasteiger partial charge in [-0.3, -0.25) is 14.2 Å². The van der Waals surface area contributed by atoms with E-state index in [1.54, 1.807) is 17.7 Å². The number of ether oxygens (including phenoxy) is 1. The van der Waals surface area contributed by atoms with Crippen molar-refractivity contribution in [2.75, 3.05) is 14.2 Å². The minimum atomic E-state index is -0.302. The lowest BCUT2D eigenvalue weighted by molar-refractivity contribution is -0.137. The molecule has 1 amide bonds. The molecule has 0 radical (unpaired) electrons. The maximum atomic E-state index is 13.6. The fourth-order valence-corrected chi connectivity index (χ4v) is 4.77. The molecule has 4 rings (SSSR count). The third kappa shape index (κ3) is 4.14. The van der Waals surface area contributed by atoms with Crippen LogP contribution in [-0.4, -0.2) is 34.5 Å². The van der Waals surface area contributed by atoms with Gasteiger partial charge in [-0.15, -0.1) is 0 Å². The number of methoxy groups -OCH3 is 1. The molecule has 3 aromatic rings. The summed E-state index contributed by atoms with van der Waals surface area (Å²) < 4.78 is 6.94. The topological polar surface area (TPSA) is 64.4 Å². The minimum absolute atomic E-state index is 0.0596. The number of para-hydroxylation sites is 1. The standard InChI is InChI=1S/C26H31N3O3/c1-4-23(28(2)25(30)18-10-6-5-7-11-18)24-27-22-13-9-8-12-21(22)26(31)29(24)19-14-16-20(32-3)17-15-19/h8-9,12-18,23H,4-7,10-11H2,1-3H3. The lowest BCUT2D eigenvalue weighted by Gasteiger charge is -2.33. The molecule has 1 saturated carbocycles. The highest BCUT2D eigenvalue weighted by Gasteiger charge is 2.31. The average molecular weight is 434 g/mol. The van der Waals surface area contributed by atoms with Gasteiger partial charge < -0.3 is 9.64 Å². The lowest BCUT2D eigenvalue weighted by Crippen LogP contribution is -2.39. The van der Waals surface area contributed by atoms with Gasteiger partial charge in [0.2, 0.25) is 5.91 Å². The van der Waals surface area contributed by atoms with Crippen LogP contribution >= 0.6 is 0 Å². The van der Waals surface area contributed by atoms with E-state index in [2.05, 4.69) is 0 Å². The maximum Gasteiger partial charge on any atom is 0.266 e. The van der Waals surface area contributed by atoms with Crippen LogP contribution in [0.1, 0.15) is 57.3 Å². The molecule has 168 valence electrons. The summed E-state index contributed by atoms with van der Waals surface area (Å²) in [4.78, 5) is 33.7. The Morgan fingerprint density at radius 3 is 2.47 bits per heavy atom. The van der Waals surface area contributed by atoms with E-state index < -0.39 is 0 Å². The highest BCUT2D eigenvalue weighted by molar-refractivity contribution is 5.80. The van der Waals surface area contributed by atoms with Crippen LogP contribution in [0.25, 0.3) is 16.6 Å². The number of hydrogen-bond acceptors (Lipinski definition) is 4. The monoisotopic (exact) mass is 433 g/mol. The number of nitrogens with zero attached hydrogens (tertiary/aromatic N) is 3. The molecule has 1 aliphatic carbocycles. The summed E-state index contributed by atoms with van der Waals surface area (Å²) in [6, 6.07) is 14.5. The zero-order valence-electron chi connectivity index (χ0n) is 19.1. The predicted molar refractivity (Wildman–Crippen MR) is 126 cm³/mol. The molecular weight excluding hydrogens is 402 g/mol. The number of hydrogen-bond donors (Lipinski definition) is 0. The Bertz CT molecular complexity index is 1150. The molecule has 0 bridgehead atoms. The van der Waals surface area contributed by atoms with Crippen LogP contribution in [-0.2, 0) is 4.79 Å². The van der Waals surface area contributed by atoms with Gasteiger partial charge in [0.1, 0.15) is 11.6 Å². The molecule has 0 N–H and O–H groups in total. The Kier molecular flexibility index (Phi) is 6.58. The second kappa shape index (κ2) is 9.55. The third-order valence-electron chi connectivity index (χ3n) is 6.59. The first-order valence-electron chi connectivity index (χ1n) is 11.5. The molecule has 1 unspecified atom stereocenters. The summed E-state index contributed by atoms with van der Waals surface area (Å²) in [5, 5.41) is 0.559. The van der Waals surface area contributed by atoms with Gasteiger partial charge in [-0.05, 0) is 55.7 Å². The Hall–Kier alpha value is -3.15. The van der Waals surface area contributed by atoms with Gasteiger partial charge in [-0.1, -0.05) is 38.3 Å². The van der Waals surface area contributed by atoms with E-state index in [9.17, 15) is 9.59 Å². The first-order valence-corrected chi connectivity index (χ1v) is 11.5. The van der Waals surface area contributed by atoms with E-state index in [4.69, 9.17) is 9.72 Å². The Labute approximate surface area is 188 Å². The van der Waals surface area contributed by atoms with Crippen LogP contribution in [0.4, 0.5) is 0 Å². The van der Waals surface area contributed by atoms with Crippen molar-refractivity contribution in [2.24, 2.45) is 5.92 Å². The fraction of sp³-hybridized carbons (Fsp3) is 0.423. The molecule has 32 heavy (non-hydrogen) atoms. The normalized spacial score (nSPS) is 15.5. The Morgan fingerprint density at radius 2 is 1.81 bits per heavy atom. The van der Waals surface area contributed by atoms with Crippen LogP contribution in [0.3, 0.4) is 0 Å². The van der Waals surface area contributed by atoms with Crippen molar-refractivity contribution in [1.29, 1.82) is 0 Å². The highest BCUT2D eigenvalue weighted by Crippen LogP contribution is 2.30. The van der Waals surface area contributed by atoms with E-state index in [0.29, 0.717) is 34.6 Å². The minimum Gasteiger partial charge on any atom is -0.497 e. The van der Waals surface area contributed by atoms with Crippen molar-refractivity contribution in [1.82, 2.24) is 14.5 Å². The van der Waals surface area contributed by atoms with Gasteiger partial charge in [-0.2, -0.15) is 0 Å². The highest BCUT2D eigenvalue weighted by atomic mass is 16.5. The van der Waals surface area contributed by atoms with E-state index in [0.717, 1.165) is 25.7 Å². The molecule has 1 atom stereocenters. The van der Waals surface area contributed by atoms with Gasteiger partial charge in [0.15, 0.2) is 0 Å². The smallest absolute Gasteiger partial charge is 0.266 e. The molecule has 6 nitrogen and oxygen atoms in total. The summed E-state index contributed by atoms with van der Waals surface area (Å²) in [7, 11) is 3.47. The van der Waals surface area contributed by atoms with Gasteiger partial charge >= 0.3 is 0 Å². The molecule has 0 spiro atoms. The van der Waals surface area contributed by atoms with Crippen molar-refractivity contribution in [2.45, 2.75) is 51.5 Å². The summed E-state index contributed by atoms with van der Waals surface area (Å²) in [6.45, 7) is 2.04. The lowest BCUT2D eigenvalue weighted by atomic mass is 9.88. The summed E-state index contributed by atoms with van der Waals surface area (Å²) in [5.74, 6) is 1.52. The number of aromatic nitrogens is 2. The molecule has 1 aliphatic rings. The van der Waals surface area contributed by atoms with Gasteiger partial charge in [0.25, 0.3) is 5.56 Å². The molecule has 1 fully saturated rings. The third-order valence-corrected chi connectivity index (χ3v) is 6.59. The van der Waals surface area contributed by atoms with Crippen LogP contribution in [0.2, 0.25) is 0 Å². The Balaban J connectivity index is 1.84. The molecule has 1 aromatic heterocycles. The van der Waals surface area contributed by atoms with E-state index in [-0.39, 0.29) is 23.4 Å². The number of amides is 1. The van der Waals surface area contributed by atoms with Crippen LogP contribution < -0.4 is 10.3 Å². The number of fused-ring (bicyclic) bond motifs is 1. The summed E-state index contributed by atoms with van der Waals surface area (Å²) in [6.07, 6.45) is 5.95. The SMILES string of the molecule is CCC(c1nc2ccccc2c(=O)n1-c1ccc(OC)cc1)N(C)C(=O)C1CCCCC1. The largest absolute Gasteiger partial charge is 0.497 e. The fourth-order valence-electron chi connectivity index (χ4n) is 4.77. The first kappa shape index (κ1) is 22.1. The van der Waals surface area contributed by atoms with E-state index in [1.165, 1.54) is 6.42 Å². The number of benzene rings is 2. The van der Waals surface area contributed by atoms with Gasteiger partial charge in [0.05, 0.1) is 29.7 Å². The zero-order valence-corrected chi connectivity index (χ0v) is 19.1. The van der Waals surface area contributed by atoms with Crippen molar-refractivity contribution in [3.05, 3.63) is 64.7 Å². The molecule has 6 heteroatoms. The van der Waals surface area contributed by atoms with Crippen molar-refractivity contribution in [3.8, 4) is 11.4 Å². The molecule has 2 aromatic carbocycles. The Morgan fingerprint density at radius 1 is 1.12 bits per heavy atom. The molecule has 1 heterocycles. The summed E-state index contributed by atoms with van der Waals surface area (Å²) in [5.41, 5.74) is 1.22. The van der Waals surface area contributed by atoms with E-state index >= 15 is 0 Å². The van der Waals surface area contributed by atoms with Crippen molar-refractivity contribution >= 4 is 16.8 Å². The second-order valence-corrected chi connectivity index (χ2v) is 8.53. The summed E-state index contributed by atoms with van der Waals surface area (Å²) >= 11 is 0. The van der Waals surface area contributed by atoms with E-state index in [1.807, 2.05) is 61.3 Å². The average Bonchev–Trinajstić information content (AvgIpc) is 2.85. The van der Waals surface area contributed by atoms with Crippen molar-refractivity contribution < 1.29 is 9.53 Å². The van der Waals surface area contributed by atoms with Crippen LogP contribution in [0.5, 0.6) is 5.75 Å². The second-order valence-electron chi connectivity index (χ2n) is 8.53. The first-order chi connectivity index (χ1) is 15.5. The van der Waals surface area contributed by atoms with Gasteiger partial charge in [-0.25, -0.2) is 4.98 Å². The maximum absolute atomic E-state index is 13.6. The number of carbonyl (C=O) groups is 1. The number of rotatable bonds is 6. The van der Waals surface area contributed by atoms with Gasteiger partial charge in [0, 0.05) is 13.0 Å². The zero-order chi connectivity index (χ0) is 22.7. The molecular formula is C26H31N3O3. The molecule has 0 saturated heterocycles. The molecule has 0 aliphatic heterocycles. The number of carbonyl (C=O) groups excluding carboxylic acids is 1. The predicted octanol–water partition coefficient (Wildman–Crippen LogP) is 4.88. The van der Waals surface area contributed by atoms with Crippen molar-refractivity contribution in [3.63, 3.8) is 0 Å². The van der Waals surface area contributed by atoms with Crippen LogP contribution in [0, 0.1) is 5.92 Å². The quantitative estimate of drug-likeness (QED) is 0.556. The van der Waals surface area contributed by atoms with Crippen LogP contribution in [0.15, 0.2) is 53.3 Å².